The topological polar surface area (TPSA) is 77.4 Å². The fraction of sp³-hybridized carbons (Fsp3) is 0.0909. The summed E-state index contributed by atoms with van der Waals surface area (Å²) in [6.45, 7) is 0. The summed E-state index contributed by atoms with van der Waals surface area (Å²) in [4.78, 5) is 19.6. The Bertz CT molecular complexity index is 1310. The number of fused-ring (bicyclic) bond motifs is 1. The molecule has 4 rings (SSSR count). The number of benzene rings is 2. The molecule has 0 saturated carbocycles. The number of rotatable bonds is 5. The van der Waals surface area contributed by atoms with E-state index in [0.717, 1.165) is 5.56 Å². The smallest absolute Gasteiger partial charge is 0.259 e. The van der Waals surface area contributed by atoms with Crippen LogP contribution < -0.4 is 15.0 Å². The molecular weight excluding hydrogens is 411 g/mol. The van der Waals surface area contributed by atoms with Crippen molar-refractivity contribution in [3.8, 4) is 22.8 Å². The number of nitrogens with one attached hydrogen (secondary N) is 1. The molecule has 0 unspecified atom stereocenters. The molecule has 0 fully saturated rings. The Morgan fingerprint density at radius 2 is 1.80 bits per heavy atom. The first-order valence-electron chi connectivity index (χ1n) is 8.88. The fourth-order valence-corrected chi connectivity index (χ4v) is 3.17. The second-order valence-electron chi connectivity index (χ2n) is 6.34. The summed E-state index contributed by atoms with van der Waals surface area (Å²) in [5.74, 6) is 1.74. The van der Waals surface area contributed by atoms with Crippen LogP contribution in [0.2, 0.25) is 0 Å². The summed E-state index contributed by atoms with van der Waals surface area (Å²) in [5.41, 5.74) is 0.767. The van der Waals surface area contributed by atoms with Crippen LogP contribution in [-0.4, -0.2) is 24.2 Å². The van der Waals surface area contributed by atoms with E-state index in [0.29, 0.717) is 33.9 Å². The highest BCUT2D eigenvalue weighted by molar-refractivity contribution is 6.50. The molecule has 8 heteroatoms. The Balaban J connectivity index is 1.70. The molecule has 4 aromatic rings. The Kier molecular flexibility index (Phi) is 5.29. The number of furan rings is 1. The van der Waals surface area contributed by atoms with Crippen LogP contribution in [0.1, 0.15) is 11.6 Å². The summed E-state index contributed by atoms with van der Waals surface area (Å²) < 4.78 is 29.3. The zero-order chi connectivity index (χ0) is 21.3. The summed E-state index contributed by atoms with van der Waals surface area (Å²) >= 11 is 6.38. The van der Waals surface area contributed by atoms with E-state index in [2.05, 4.69) is 9.97 Å². The molecule has 2 heterocycles. The van der Waals surface area contributed by atoms with E-state index in [9.17, 15) is 9.18 Å². The number of hydrogen-bond acceptors (Lipinski definition) is 5. The van der Waals surface area contributed by atoms with Crippen molar-refractivity contribution in [3.63, 3.8) is 0 Å². The minimum Gasteiger partial charge on any atom is -0.493 e. The molecule has 0 bridgehead atoms. The van der Waals surface area contributed by atoms with E-state index in [1.807, 2.05) is 0 Å². The van der Waals surface area contributed by atoms with Crippen LogP contribution in [-0.2, 0) is 0 Å². The molecule has 0 aliphatic carbocycles. The van der Waals surface area contributed by atoms with Crippen LogP contribution >= 0.6 is 11.6 Å². The largest absolute Gasteiger partial charge is 0.493 e. The highest BCUT2D eigenvalue weighted by atomic mass is 35.5. The number of H-pyrrole nitrogens is 1. The molecule has 30 heavy (non-hydrogen) atoms. The standard InChI is InChI=1S/C22H16ClFN2O4/c1-28-19-10-15-17(11-20(19)29-2)25-21(26-22(15)27)16(23)9-14-7-8-18(30-14)12-3-5-13(24)6-4-12/h3-11H,1-2H3,(H,25,26,27)/b16-9-. The molecule has 152 valence electrons. The van der Waals surface area contributed by atoms with Crippen molar-refractivity contribution in [3.05, 3.63) is 76.3 Å². The van der Waals surface area contributed by atoms with Crippen molar-refractivity contribution in [1.29, 1.82) is 0 Å². The number of aromatic amines is 1. The lowest BCUT2D eigenvalue weighted by Gasteiger charge is -2.09. The zero-order valence-corrected chi connectivity index (χ0v) is 16.8. The van der Waals surface area contributed by atoms with Crippen molar-refractivity contribution in [2.24, 2.45) is 0 Å². The summed E-state index contributed by atoms with van der Waals surface area (Å²) in [6, 6.07) is 12.6. The first kappa shape index (κ1) is 19.7. The lowest BCUT2D eigenvalue weighted by atomic mass is 10.2. The number of aromatic nitrogens is 2. The first-order valence-corrected chi connectivity index (χ1v) is 9.25. The summed E-state index contributed by atoms with van der Waals surface area (Å²) in [7, 11) is 2.99. The normalized spacial score (nSPS) is 11.7. The van der Waals surface area contributed by atoms with Crippen LogP contribution in [0.15, 0.2) is 57.7 Å². The Morgan fingerprint density at radius 1 is 1.10 bits per heavy atom. The van der Waals surface area contributed by atoms with E-state index in [1.165, 1.54) is 26.4 Å². The van der Waals surface area contributed by atoms with E-state index in [1.54, 1.807) is 42.5 Å². The van der Waals surface area contributed by atoms with Gasteiger partial charge in [0.15, 0.2) is 17.3 Å². The van der Waals surface area contributed by atoms with Crippen LogP contribution in [0.3, 0.4) is 0 Å². The van der Waals surface area contributed by atoms with Gasteiger partial charge in [0.1, 0.15) is 17.3 Å². The van der Waals surface area contributed by atoms with Gasteiger partial charge < -0.3 is 18.9 Å². The molecular formula is C22H16ClFN2O4. The predicted molar refractivity (Wildman–Crippen MR) is 113 cm³/mol. The van der Waals surface area contributed by atoms with Gasteiger partial charge in [-0.05, 0) is 42.5 Å². The van der Waals surface area contributed by atoms with E-state index < -0.39 is 0 Å². The van der Waals surface area contributed by atoms with Gasteiger partial charge in [-0.1, -0.05) is 11.6 Å². The van der Waals surface area contributed by atoms with Crippen molar-refractivity contribution in [2.45, 2.75) is 0 Å². The van der Waals surface area contributed by atoms with Crippen LogP contribution in [0, 0.1) is 5.82 Å². The molecule has 0 aliphatic rings. The molecule has 1 N–H and O–H groups in total. The second-order valence-corrected chi connectivity index (χ2v) is 6.75. The molecule has 0 spiro atoms. The van der Waals surface area contributed by atoms with Crippen molar-refractivity contribution in [2.75, 3.05) is 14.2 Å². The molecule has 0 atom stereocenters. The number of nitrogens with zero attached hydrogens (tertiary/aromatic N) is 1. The number of methoxy groups -OCH3 is 2. The molecule has 0 amide bonds. The maximum atomic E-state index is 13.1. The van der Waals surface area contributed by atoms with Crippen molar-refractivity contribution in [1.82, 2.24) is 9.97 Å². The minimum absolute atomic E-state index is 0.182. The van der Waals surface area contributed by atoms with Gasteiger partial charge in [0.2, 0.25) is 0 Å². The highest BCUT2D eigenvalue weighted by Crippen LogP contribution is 2.31. The molecule has 0 radical (unpaired) electrons. The maximum Gasteiger partial charge on any atom is 0.259 e. The minimum atomic E-state index is -0.367. The molecule has 2 aromatic carbocycles. The third-order valence-corrected chi connectivity index (χ3v) is 4.75. The van der Waals surface area contributed by atoms with Crippen LogP contribution in [0.5, 0.6) is 11.5 Å². The highest BCUT2D eigenvalue weighted by Gasteiger charge is 2.13. The molecule has 0 aliphatic heterocycles. The van der Waals surface area contributed by atoms with Gasteiger partial charge in [0.25, 0.3) is 5.56 Å². The summed E-state index contributed by atoms with van der Waals surface area (Å²) in [6.07, 6.45) is 1.54. The Morgan fingerprint density at radius 3 is 2.50 bits per heavy atom. The van der Waals surface area contributed by atoms with Gasteiger partial charge in [0.05, 0.1) is 30.2 Å². The lowest BCUT2D eigenvalue weighted by molar-refractivity contribution is 0.355. The Hall–Kier alpha value is -3.58. The Labute approximate surface area is 175 Å². The van der Waals surface area contributed by atoms with E-state index in [4.69, 9.17) is 25.5 Å². The monoisotopic (exact) mass is 426 g/mol. The van der Waals surface area contributed by atoms with E-state index >= 15 is 0 Å². The van der Waals surface area contributed by atoms with Crippen LogP contribution in [0.25, 0.3) is 33.3 Å². The van der Waals surface area contributed by atoms with Gasteiger partial charge in [-0.3, -0.25) is 4.79 Å². The fourth-order valence-electron chi connectivity index (χ4n) is 2.97. The quantitative estimate of drug-likeness (QED) is 0.481. The number of hydrogen-bond donors (Lipinski definition) is 1. The maximum absolute atomic E-state index is 13.1. The van der Waals surface area contributed by atoms with Gasteiger partial charge >= 0.3 is 0 Å². The first-order chi connectivity index (χ1) is 14.5. The summed E-state index contributed by atoms with van der Waals surface area (Å²) in [5, 5.41) is 0.529. The average Bonchev–Trinajstić information content (AvgIpc) is 3.21. The van der Waals surface area contributed by atoms with Gasteiger partial charge in [-0.2, -0.15) is 0 Å². The number of ether oxygens (including phenoxy) is 2. The third-order valence-electron chi connectivity index (χ3n) is 4.46. The van der Waals surface area contributed by atoms with Crippen molar-refractivity contribution < 1.29 is 18.3 Å². The third kappa shape index (κ3) is 3.79. The molecule has 0 saturated heterocycles. The predicted octanol–water partition coefficient (Wildman–Crippen LogP) is 5.08. The molecule has 2 aromatic heterocycles. The van der Waals surface area contributed by atoms with Crippen LogP contribution in [0.4, 0.5) is 4.39 Å². The van der Waals surface area contributed by atoms with Crippen molar-refractivity contribution >= 4 is 33.6 Å². The lowest BCUT2D eigenvalue weighted by Crippen LogP contribution is -2.11. The van der Waals surface area contributed by atoms with E-state index in [-0.39, 0.29) is 22.2 Å². The SMILES string of the molecule is COc1cc2nc(/C(Cl)=C/c3ccc(-c4ccc(F)cc4)o3)[nH]c(=O)c2cc1OC. The van der Waals surface area contributed by atoms with Gasteiger partial charge in [-0.15, -0.1) is 0 Å². The second kappa shape index (κ2) is 8.04. The van der Waals surface area contributed by atoms with Gasteiger partial charge in [-0.25, -0.2) is 9.37 Å². The molecule has 6 nitrogen and oxygen atoms in total. The average molecular weight is 427 g/mol. The van der Waals surface area contributed by atoms with Gasteiger partial charge in [0, 0.05) is 17.7 Å². The number of halogens is 2. The zero-order valence-electron chi connectivity index (χ0n) is 16.0.